The van der Waals surface area contributed by atoms with Crippen LogP contribution in [-0.4, -0.2) is 17.5 Å². The van der Waals surface area contributed by atoms with Crippen LogP contribution in [0.3, 0.4) is 0 Å². The maximum Gasteiger partial charge on any atom is 0.257 e. The summed E-state index contributed by atoms with van der Waals surface area (Å²) in [5, 5.41) is 2.77. The highest BCUT2D eigenvalue weighted by atomic mass is 16.5. The second-order valence-electron chi connectivity index (χ2n) is 4.33. The average Bonchev–Trinajstić information content (AvgIpc) is 2.44. The van der Waals surface area contributed by atoms with Gasteiger partial charge in [-0.1, -0.05) is 11.6 Å². The molecule has 2 rings (SSSR count). The minimum atomic E-state index is -0.278. The molecule has 1 amide bonds. The van der Waals surface area contributed by atoms with Crippen molar-refractivity contribution in [1.82, 2.24) is 4.98 Å². The van der Waals surface area contributed by atoms with Crippen molar-refractivity contribution in [1.29, 1.82) is 0 Å². The van der Waals surface area contributed by atoms with Gasteiger partial charge in [-0.3, -0.25) is 4.79 Å². The summed E-state index contributed by atoms with van der Waals surface area (Å²) in [6, 6.07) is 8.81. The number of anilines is 2. The summed E-state index contributed by atoms with van der Waals surface area (Å²) in [6.07, 6.45) is 1.61. The van der Waals surface area contributed by atoms with Crippen LogP contribution in [0, 0.1) is 6.92 Å². The zero-order valence-electron chi connectivity index (χ0n) is 11.5. The summed E-state index contributed by atoms with van der Waals surface area (Å²) in [6.45, 7) is 4.25. The van der Waals surface area contributed by atoms with E-state index in [0.29, 0.717) is 29.4 Å². The molecule has 0 aliphatic carbocycles. The lowest BCUT2D eigenvalue weighted by Gasteiger charge is -2.11. The molecule has 0 fully saturated rings. The monoisotopic (exact) mass is 271 g/mol. The van der Waals surface area contributed by atoms with E-state index >= 15 is 0 Å². The Morgan fingerprint density at radius 1 is 1.40 bits per heavy atom. The smallest absolute Gasteiger partial charge is 0.257 e. The number of carbonyl (C=O) groups is 1. The molecule has 1 aromatic heterocycles. The standard InChI is InChI=1S/C15H17N3O2/c1-3-20-15-13(5-4-8-17-15)18-14(19)11-9-10(2)6-7-12(11)16/h4-9H,3,16H2,1-2H3,(H,18,19). The van der Waals surface area contributed by atoms with Gasteiger partial charge >= 0.3 is 0 Å². The molecule has 5 heteroatoms. The summed E-state index contributed by atoms with van der Waals surface area (Å²) >= 11 is 0. The minimum absolute atomic E-state index is 0.278. The first-order valence-corrected chi connectivity index (χ1v) is 6.37. The number of nitrogens with two attached hydrogens (primary N) is 1. The number of pyridine rings is 1. The molecule has 1 aromatic carbocycles. The van der Waals surface area contributed by atoms with Gasteiger partial charge < -0.3 is 15.8 Å². The van der Waals surface area contributed by atoms with Crippen LogP contribution < -0.4 is 15.8 Å². The molecule has 20 heavy (non-hydrogen) atoms. The minimum Gasteiger partial charge on any atom is -0.476 e. The van der Waals surface area contributed by atoms with E-state index in [1.165, 1.54) is 0 Å². The Bertz CT molecular complexity index is 626. The number of amides is 1. The number of nitrogen functional groups attached to an aromatic ring is 1. The van der Waals surface area contributed by atoms with E-state index in [9.17, 15) is 4.79 Å². The zero-order chi connectivity index (χ0) is 14.5. The van der Waals surface area contributed by atoms with Crippen LogP contribution in [0.2, 0.25) is 0 Å². The van der Waals surface area contributed by atoms with Crippen molar-refractivity contribution in [3.8, 4) is 5.88 Å². The molecule has 0 unspecified atom stereocenters. The summed E-state index contributed by atoms with van der Waals surface area (Å²) in [4.78, 5) is 16.4. The van der Waals surface area contributed by atoms with Gasteiger partial charge in [-0.2, -0.15) is 0 Å². The van der Waals surface area contributed by atoms with Crippen molar-refractivity contribution >= 4 is 17.3 Å². The van der Waals surface area contributed by atoms with E-state index in [-0.39, 0.29) is 5.91 Å². The summed E-state index contributed by atoms with van der Waals surface area (Å²) in [5.41, 5.74) is 8.21. The van der Waals surface area contributed by atoms with Gasteiger partial charge in [-0.15, -0.1) is 0 Å². The van der Waals surface area contributed by atoms with Crippen molar-refractivity contribution in [2.24, 2.45) is 0 Å². The molecule has 3 N–H and O–H groups in total. The first-order chi connectivity index (χ1) is 9.61. The number of hydrogen-bond acceptors (Lipinski definition) is 4. The SMILES string of the molecule is CCOc1ncccc1NC(=O)c1cc(C)ccc1N. The van der Waals surface area contributed by atoms with Gasteiger partial charge in [0.05, 0.1) is 12.2 Å². The van der Waals surface area contributed by atoms with Crippen LogP contribution in [0.15, 0.2) is 36.5 Å². The third-order valence-electron chi connectivity index (χ3n) is 2.75. The highest BCUT2D eigenvalue weighted by Crippen LogP contribution is 2.22. The fourth-order valence-electron chi connectivity index (χ4n) is 1.79. The van der Waals surface area contributed by atoms with Crippen molar-refractivity contribution in [3.05, 3.63) is 47.7 Å². The molecule has 1 heterocycles. The van der Waals surface area contributed by atoms with E-state index < -0.39 is 0 Å². The average molecular weight is 271 g/mol. The van der Waals surface area contributed by atoms with Crippen molar-refractivity contribution < 1.29 is 9.53 Å². The molecule has 2 aromatic rings. The molecule has 0 aliphatic heterocycles. The third kappa shape index (κ3) is 3.06. The van der Waals surface area contributed by atoms with Crippen molar-refractivity contribution in [2.45, 2.75) is 13.8 Å². The number of benzene rings is 1. The van der Waals surface area contributed by atoms with Gasteiger partial charge in [-0.05, 0) is 38.1 Å². The Balaban J connectivity index is 2.26. The van der Waals surface area contributed by atoms with Gasteiger partial charge in [0.1, 0.15) is 5.69 Å². The molecular weight excluding hydrogens is 254 g/mol. The molecule has 0 saturated heterocycles. The predicted octanol–water partition coefficient (Wildman–Crippen LogP) is 2.62. The number of aromatic nitrogens is 1. The quantitative estimate of drug-likeness (QED) is 0.838. The first kappa shape index (κ1) is 13.9. The molecule has 0 aliphatic rings. The zero-order valence-corrected chi connectivity index (χ0v) is 11.5. The molecule has 0 spiro atoms. The maximum atomic E-state index is 12.3. The highest BCUT2D eigenvalue weighted by molar-refractivity contribution is 6.08. The first-order valence-electron chi connectivity index (χ1n) is 6.37. The van der Waals surface area contributed by atoms with E-state index in [1.54, 1.807) is 30.5 Å². The number of ether oxygens (including phenoxy) is 1. The fraction of sp³-hybridized carbons (Fsp3) is 0.200. The lowest BCUT2D eigenvalue weighted by molar-refractivity contribution is 0.102. The summed E-state index contributed by atoms with van der Waals surface area (Å²) in [7, 11) is 0. The van der Waals surface area contributed by atoms with Crippen molar-refractivity contribution in [3.63, 3.8) is 0 Å². The lowest BCUT2D eigenvalue weighted by atomic mass is 10.1. The molecule has 104 valence electrons. The third-order valence-corrected chi connectivity index (χ3v) is 2.75. The van der Waals surface area contributed by atoms with E-state index in [4.69, 9.17) is 10.5 Å². The fourth-order valence-corrected chi connectivity index (χ4v) is 1.79. The molecule has 0 atom stereocenters. The van der Waals surface area contributed by atoms with Crippen molar-refractivity contribution in [2.75, 3.05) is 17.7 Å². The molecule has 0 bridgehead atoms. The van der Waals surface area contributed by atoms with Gasteiger partial charge in [0.2, 0.25) is 5.88 Å². The largest absolute Gasteiger partial charge is 0.476 e. The molecular formula is C15H17N3O2. The topological polar surface area (TPSA) is 77.2 Å². The second kappa shape index (κ2) is 6.06. The number of carbonyl (C=O) groups excluding carboxylic acids is 1. The number of hydrogen-bond donors (Lipinski definition) is 2. The van der Waals surface area contributed by atoms with E-state index in [1.807, 2.05) is 19.9 Å². The van der Waals surface area contributed by atoms with Gasteiger partial charge in [0, 0.05) is 11.9 Å². The van der Waals surface area contributed by atoms with Crippen LogP contribution in [0.1, 0.15) is 22.8 Å². The Labute approximate surface area is 117 Å². The van der Waals surface area contributed by atoms with E-state index in [2.05, 4.69) is 10.3 Å². The molecule has 0 saturated carbocycles. The number of nitrogens with one attached hydrogen (secondary N) is 1. The maximum absolute atomic E-state index is 12.3. The number of rotatable bonds is 4. The van der Waals surface area contributed by atoms with Gasteiger partial charge in [-0.25, -0.2) is 4.98 Å². The number of aryl methyl sites for hydroxylation is 1. The van der Waals surface area contributed by atoms with Crippen LogP contribution in [0.4, 0.5) is 11.4 Å². The Hall–Kier alpha value is -2.56. The van der Waals surface area contributed by atoms with Gasteiger partial charge in [0.15, 0.2) is 0 Å². The lowest BCUT2D eigenvalue weighted by Crippen LogP contribution is -2.15. The number of nitrogens with zero attached hydrogens (tertiary/aromatic N) is 1. The Morgan fingerprint density at radius 2 is 2.20 bits per heavy atom. The van der Waals surface area contributed by atoms with Crippen LogP contribution >= 0.6 is 0 Å². The Kier molecular flexibility index (Phi) is 4.20. The summed E-state index contributed by atoms with van der Waals surface area (Å²) in [5.74, 6) is 0.120. The van der Waals surface area contributed by atoms with Crippen LogP contribution in [-0.2, 0) is 0 Å². The van der Waals surface area contributed by atoms with Crippen LogP contribution in [0.5, 0.6) is 5.88 Å². The summed E-state index contributed by atoms with van der Waals surface area (Å²) < 4.78 is 5.37. The Morgan fingerprint density at radius 3 is 2.95 bits per heavy atom. The normalized spacial score (nSPS) is 10.1. The second-order valence-corrected chi connectivity index (χ2v) is 4.33. The predicted molar refractivity (Wildman–Crippen MR) is 79.0 cm³/mol. The highest BCUT2D eigenvalue weighted by Gasteiger charge is 2.13. The molecule has 5 nitrogen and oxygen atoms in total. The molecule has 0 radical (unpaired) electrons. The van der Waals surface area contributed by atoms with E-state index in [0.717, 1.165) is 5.56 Å². The van der Waals surface area contributed by atoms with Gasteiger partial charge in [0.25, 0.3) is 5.91 Å². The van der Waals surface area contributed by atoms with Crippen LogP contribution in [0.25, 0.3) is 0 Å².